The van der Waals surface area contributed by atoms with Gasteiger partial charge in [0.05, 0.1) is 44.1 Å². The number of benzene rings is 18. The molecule has 0 aliphatic rings. The smallest absolute Gasteiger partial charge is 0.164 e. The lowest BCUT2D eigenvalue weighted by atomic mass is 9.94. The van der Waals surface area contributed by atoms with E-state index in [1.165, 1.54) is 76.3 Å². The predicted molar refractivity (Wildman–Crippen MR) is 492 cm³/mol. The molecule has 5 aromatic heterocycles. The molecule has 0 aliphatic heterocycles. The zero-order valence-corrected chi connectivity index (χ0v) is 64.1. The van der Waals surface area contributed by atoms with Gasteiger partial charge in [-0.2, -0.15) is 0 Å². The van der Waals surface area contributed by atoms with Crippen molar-refractivity contribution in [3.05, 3.63) is 431 Å². The van der Waals surface area contributed by atoms with Crippen LogP contribution in [0.25, 0.3) is 222 Å². The second-order valence-corrected chi connectivity index (χ2v) is 30.6. The highest BCUT2D eigenvalue weighted by molar-refractivity contribution is 6.15. The maximum atomic E-state index is 5.75. The second-order valence-electron chi connectivity index (χ2n) is 30.6. The summed E-state index contributed by atoms with van der Waals surface area (Å²) in [5.74, 6) is 1.67. The lowest BCUT2D eigenvalue weighted by Gasteiger charge is -2.17. The van der Waals surface area contributed by atoms with Crippen LogP contribution in [0.5, 0.6) is 0 Å². The number of rotatable bonds is 14. The number of hydrogen-bond donors (Lipinski definition) is 0. The summed E-state index contributed by atoms with van der Waals surface area (Å²) in [6, 6.07) is 156. The van der Waals surface area contributed by atoms with E-state index in [0.717, 1.165) is 128 Å². The van der Waals surface area contributed by atoms with Crippen molar-refractivity contribution in [2.24, 2.45) is 0 Å². The van der Waals surface area contributed by atoms with Crippen LogP contribution in [0.4, 0.5) is 0 Å². The summed E-state index contributed by atoms with van der Waals surface area (Å²) in [6.45, 7) is 0. The molecule has 0 N–H and O–H groups in total. The molecule has 0 fully saturated rings. The first-order valence-corrected chi connectivity index (χ1v) is 40.3. The van der Waals surface area contributed by atoms with Gasteiger partial charge in [-0.25, -0.2) is 15.0 Å². The van der Waals surface area contributed by atoms with Crippen LogP contribution in [0.1, 0.15) is 0 Å². The Balaban J connectivity index is 0.703. The first-order valence-electron chi connectivity index (χ1n) is 40.3. The Labute approximate surface area is 681 Å². The topological polar surface area (TPSA) is 58.4 Å². The molecule has 0 saturated carbocycles. The minimum absolute atomic E-state index is 0.543. The summed E-state index contributed by atoms with van der Waals surface area (Å²) in [7, 11) is 0. The van der Waals surface area contributed by atoms with Gasteiger partial charge in [0.15, 0.2) is 17.5 Å². The van der Waals surface area contributed by atoms with E-state index in [0.29, 0.717) is 17.5 Å². The van der Waals surface area contributed by atoms with Crippen molar-refractivity contribution in [1.29, 1.82) is 0 Å². The third-order valence-electron chi connectivity index (χ3n) is 23.8. The van der Waals surface area contributed by atoms with Crippen LogP contribution < -0.4 is 0 Å². The summed E-state index contributed by atoms with van der Waals surface area (Å²) < 4.78 is 9.63. The van der Waals surface area contributed by atoms with Crippen LogP contribution in [-0.4, -0.2) is 33.2 Å². The van der Waals surface area contributed by atoms with Gasteiger partial charge in [0.1, 0.15) is 0 Å². The minimum Gasteiger partial charge on any atom is -0.309 e. The maximum absolute atomic E-state index is 5.75. The minimum atomic E-state index is 0.543. The Morgan fingerprint density at radius 1 is 0.127 bits per heavy atom. The Morgan fingerprint density at radius 3 is 0.814 bits per heavy atom. The van der Waals surface area contributed by atoms with Crippen molar-refractivity contribution < 1.29 is 0 Å². The van der Waals surface area contributed by atoms with E-state index < -0.39 is 0 Å². The van der Waals surface area contributed by atoms with Crippen molar-refractivity contribution in [3.8, 4) is 135 Å². The molecule has 118 heavy (non-hydrogen) atoms. The molecule has 23 aromatic rings. The number of para-hydroxylation sites is 6. The SMILES string of the molecule is c1ccc(-c2ccc(-c3ccccc3)c(-c3nc(-c4cc(-c5cccc(-n6c7ccccc7c7cc(-c8ccc9c(c8)c8ccccc8n9-c8ccccc8)ccc76)c5)cc(-c5cccc(-n6c7ccccc7c7cc(-c8ccc9c(c8)c8ccccc8n9-c8ccccc8)ccc76)c5)c4)nc(-c4ccccc4-c4ccccc4)n3)c2)cc1. The van der Waals surface area contributed by atoms with E-state index in [2.05, 4.69) is 449 Å². The molecule has 0 unspecified atom stereocenters. The highest BCUT2D eigenvalue weighted by Crippen LogP contribution is 2.45. The molecule has 5 heterocycles. The van der Waals surface area contributed by atoms with Crippen LogP contribution >= 0.6 is 0 Å². The molecule has 0 amide bonds. The van der Waals surface area contributed by atoms with Crippen molar-refractivity contribution in [2.45, 2.75) is 0 Å². The van der Waals surface area contributed by atoms with E-state index in [4.69, 9.17) is 15.0 Å². The summed E-state index contributed by atoms with van der Waals surface area (Å²) in [5, 5.41) is 9.62. The Kier molecular flexibility index (Phi) is 16.1. The van der Waals surface area contributed by atoms with E-state index in [1.54, 1.807) is 0 Å². The fourth-order valence-corrected chi connectivity index (χ4v) is 18.3. The largest absolute Gasteiger partial charge is 0.309 e. The van der Waals surface area contributed by atoms with Gasteiger partial charge in [0, 0.05) is 82.5 Å². The monoisotopic (exact) mass is 1500 g/mol. The zero-order chi connectivity index (χ0) is 77.7. The van der Waals surface area contributed by atoms with Gasteiger partial charge in [0.25, 0.3) is 0 Å². The number of nitrogens with zero attached hydrogens (tertiary/aromatic N) is 7. The van der Waals surface area contributed by atoms with Crippen molar-refractivity contribution in [2.75, 3.05) is 0 Å². The number of aromatic nitrogens is 7. The second kappa shape index (κ2) is 28.1. The predicted octanol–water partition coefficient (Wildman–Crippen LogP) is 28.9. The molecule has 7 heteroatoms. The van der Waals surface area contributed by atoms with Crippen LogP contribution in [0.2, 0.25) is 0 Å². The van der Waals surface area contributed by atoms with Crippen molar-refractivity contribution in [1.82, 2.24) is 33.2 Å². The van der Waals surface area contributed by atoms with Crippen LogP contribution in [-0.2, 0) is 0 Å². The Bertz CT molecular complexity index is 7570. The molecule has 0 atom stereocenters. The van der Waals surface area contributed by atoms with Crippen molar-refractivity contribution >= 4 is 87.2 Å². The maximum Gasteiger partial charge on any atom is 0.164 e. The molecule has 0 aliphatic carbocycles. The molecule has 23 rings (SSSR count). The number of fused-ring (bicyclic) bond motifs is 12. The fraction of sp³-hybridized carbons (Fsp3) is 0. The zero-order valence-electron chi connectivity index (χ0n) is 64.1. The van der Waals surface area contributed by atoms with Crippen molar-refractivity contribution in [3.63, 3.8) is 0 Å². The molecular formula is C111H71N7. The van der Waals surface area contributed by atoms with Gasteiger partial charge in [-0.1, -0.05) is 285 Å². The summed E-state index contributed by atoms with van der Waals surface area (Å²) in [6.07, 6.45) is 0. The third-order valence-corrected chi connectivity index (χ3v) is 23.8. The first-order chi connectivity index (χ1) is 58.5. The van der Waals surface area contributed by atoms with E-state index >= 15 is 0 Å². The van der Waals surface area contributed by atoms with Gasteiger partial charge in [-0.3, -0.25) is 0 Å². The van der Waals surface area contributed by atoms with E-state index in [9.17, 15) is 0 Å². The average Bonchev–Trinajstić information content (AvgIpc) is 1.61. The average molecular weight is 1500 g/mol. The van der Waals surface area contributed by atoms with Gasteiger partial charge in [-0.05, 0) is 223 Å². The molecule has 7 nitrogen and oxygen atoms in total. The summed E-state index contributed by atoms with van der Waals surface area (Å²) >= 11 is 0. The highest BCUT2D eigenvalue weighted by atomic mass is 15.0. The normalized spacial score (nSPS) is 11.7. The summed E-state index contributed by atoms with van der Waals surface area (Å²) in [5.41, 5.74) is 31.3. The van der Waals surface area contributed by atoms with E-state index in [-0.39, 0.29) is 0 Å². The lowest BCUT2D eigenvalue weighted by Crippen LogP contribution is -2.03. The van der Waals surface area contributed by atoms with Gasteiger partial charge in [0.2, 0.25) is 0 Å². The lowest BCUT2D eigenvalue weighted by molar-refractivity contribution is 1.07. The molecule has 0 bridgehead atoms. The highest BCUT2D eigenvalue weighted by Gasteiger charge is 2.24. The number of hydrogen-bond acceptors (Lipinski definition) is 3. The quantitative estimate of drug-likeness (QED) is 0.109. The molecular weight excluding hydrogens is 1430 g/mol. The molecule has 0 spiro atoms. The van der Waals surface area contributed by atoms with Crippen LogP contribution in [0.15, 0.2) is 431 Å². The first kappa shape index (κ1) is 67.8. The Morgan fingerprint density at radius 2 is 0.398 bits per heavy atom. The molecule has 0 radical (unpaired) electrons. The third kappa shape index (κ3) is 11.5. The Hall–Kier alpha value is -15.8. The molecule has 18 aromatic carbocycles. The van der Waals surface area contributed by atoms with Gasteiger partial charge in [-0.15, -0.1) is 0 Å². The standard InChI is InChI=1S/C111H71N7/c1-6-28-72(29-7-1)77-52-57-90(74-32-10-3-11-33-74)100(71-77)111-113-109(112-110(114-111)95-47-17-16-42-89(95)73-30-8-2-9-31-73)84-63-82(75-34-26-40-87(65-75)117-103-50-24-20-45-93(103)98-69-80(55-60-107(98)117)78-53-58-105-96(67-78)91-43-18-22-48-101(91)115(105)85-36-12-4-13-37-85)62-83(64-84)76-35-27-41-88(66-76)118-104-51-25-21-46-94(104)99-70-81(56-61-108(99)118)79-54-59-106-97(68-79)92-44-19-23-49-102(92)116(106)86-38-14-5-15-39-86/h1-71H. The summed E-state index contributed by atoms with van der Waals surface area (Å²) in [4.78, 5) is 17.1. The van der Waals surface area contributed by atoms with Crippen LogP contribution in [0, 0.1) is 0 Å². The van der Waals surface area contributed by atoms with Gasteiger partial charge < -0.3 is 18.3 Å². The van der Waals surface area contributed by atoms with Crippen LogP contribution in [0.3, 0.4) is 0 Å². The molecule has 550 valence electrons. The van der Waals surface area contributed by atoms with Gasteiger partial charge >= 0.3 is 0 Å². The fourth-order valence-electron chi connectivity index (χ4n) is 18.3. The van der Waals surface area contributed by atoms with E-state index in [1.807, 2.05) is 0 Å². The molecule has 0 saturated heterocycles.